The summed E-state index contributed by atoms with van der Waals surface area (Å²) >= 11 is 0. The van der Waals surface area contributed by atoms with Crippen molar-refractivity contribution in [3.8, 4) is 16.9 Å². The number of carbonyl (C=O) groups is 1. The minimum Gasteiger partial charge on any atom is -0.453 e. The fraction of sp³-hybridized carbons (Fsp3) is 0.357. The molecule has 0 spiro atoms. The van der Waals surface area contributed by atoms with Crippen LogP contribution >= 0.6 is 0 Å². The lowest BCUT2D eigenvalue weighted by Crippen LogP contribution is -2.46. The van der Waals surface area contributed by atoms with Crippen LogP contribution in [-0.2, 0) is 21.5 Å². The van der Waals surface area contributed by atoms with Gasteiger partial charge in [0.05, 0.1) is 54.6 Å². The van der Waals surface area contributed by atoms with E-state index in [1.165, 1.54) is 19.2 Å². The van der Waals surface area contributed by atoms with Gasteiger partial charge >= 0.3 is 6.09 Å². The van der Waals surface area contributed by atoms with Gasteiger partial charge in [0.1, 0.15) is 17.3 Å². The molecule has 4 aromatic rings. The number of pyridine rings is 1. The summed E-state index contributed by atoms with van der Waals surface area (Å²) in [5, 5.41) is 10.3. The van der Waals surface area contributed by atoms with E-state index >= 15 is 8.78 Å². The summed E-state index contributed by atoms with van der Waals surface area (Å²) in [6, 6.07) is 7.95. The first-order valence-corrected chi connectivity index (χ1v) is 12.4. The van der Waals surface area contributed by atoms with Crippen LogP contribution < -0.4 is 0 Å². The molecular formula is C28H30F2N4O4. The Morgan fingerprint density at radius 3 is 2.61 bits per heavy atom. The van der Waals surface area contributed by atoms with Gasteiger partial charge in [-0.1, -0.05) is 0 Å². The predicted octanol–water partition coefficient (Wildman–Crippen LogP) is 4.62. The van der Waals surface area contributed by atoms with E-state index in [0.29, 0.717) is 30.1 Å². The second kappa shape index (κ2) is 9.85. The molecule has 4 heterocycles. The summed E-state index contributed by atoms with van der Waals surface area (Å²) in [6.07, 6.45) is 4.53. The molecule has 1 aliphatic rings. The second-order valence-corrected chi connectivity index (χ2v) is 10.1. The van der Waals surface area contributed by atoms with Gasteiger partial charge in [-0.25, -0.2) is 18.6 Å². The number of hydrogen-bond donors (Lipinski definition) is 1. The molecule has 1 unspecified atom stereocenters. The van der Waals surface area contributed by atoms with E-state index in [0.717, 1.165) is 5.56 Å². The van der Waals surface area contributed by atoms with Gasteiger partial charge in [0.2, 0.25) is 0 Å². The zero-order chi connectivity index (χ0) is 27.2. The highest BCUT2D eigenvalue weighted by atomic mass is 19.1. The quantitative estimate of drug-likeness (QED) is 0.412. The zero-order valence-electron chi connectivity index (χ0n) is 21.7. The van der Waals surface area contributed by atoms with Crippen molar-refractivity contribution in [2.45, 2.75) is 38.9 Å². The van der Waals surface area contributed by atoms with Gasteiger partial charge in [0.15, 0.2) is 0 Å². The summed E-state index contributed by atoms with van der Waals surface area (Å²) in [5.74, 6) is -1.53. The maximum absolute atomic E-state index is 15.7. The Hall–Kier alpha value is -3.76. The van der Waals surface area contributed by atoms with Crippen molar-refractivity contribution < 1.29 is 28.2 Å². The summed E-state index contributed by atoms with van der Waals surface area (Å²) < 4.78 is 45.4. The first-order valence-electron chi connectivity index (χ1n) is 12.4. The third-order valence-electron chi connectivity index (χ3n) is 6.83. The smallest absolute Gasteiger partial charge is 0.409 e. The number of fused-ring (bicyclic) bond motifs is 1. The maximum atomic E-state index is 15.7. The first kappa shape index (κ1) is 25.9. The Balaban J connectivity index is 1.56. The van der Waals surface area contributed by atoms with Crippen LogP contribution in [0.15, 0.2) is 48.9 Å². The number of amides is 1. The van der Waals surface area contributed by atoms with Gasteiger partial charge in [0.25, 0.3) is 0 Å². The van der Waals surface area contributed by atoms with E-state index in [2.05, 4.69) is 4.98 Å². The van der Waals surface area contributed by atoms with Gasteiger partial charge in [0, 0.05) is 37.1 Å². The van der Waals surface area contributed by atoms with Crippen molar-refractivity contribution in [2.75, 3.05) is 26.8 Å². The van der Waals surface area contributed by atoms with Crippen molar-refractivity contribution in [1.29, 1.82) is 0 Å². The Kier molecular flexibility index (Phi) is 6.70. The Labute approximate surface area is 219 Å². The number of morpholine rings is 1. The lowest BCUT2D eigenvalue weighted by atomic mass is 10.0. The number of hydrogen-bond acceptors (Lipinski definition) is 5. The van der Waals surface area contributed by atoms with Crippen molar-refractivity contribution in [3.05, 3.63) is 77.4 Å². The Morgan fingerprint density at radius 2 is 1.95 bits per heavy atom. The molecule has 1 amide bonds. The molecule has 1 N–H and O–H groups in total. The van der Waals surface area contributed by atoms with Gasteiger partial charge in [-0.15, -0.1) is 0 Å². The van der Waals surface area contributed by atoms with Gasteiger partial charge in [-0.05, 0) is 56.7 Å². The third kappa shape index (κ3) is 4.89. The van der Waals surface area contributed by atoms with Crippen LogP contribution in [0.5, 0.6) is 0 Å². The van der Waals surface area contributed by atoms with Crippen molar-refractivity contribution in [3.63, 3.8) is 0 Å². The molecule has 0 aliphatic carbocycles. The molecular weight excluding hydrogens is 494 g/mol. The van der Waals surface area contributed by atoms with Crippen LogP contribution in [0.25, 0.3) is 22.6 Å². The van der Waals surface area contributed by atoms with Crippen LogP contribution in [0.4, 0.5) is 13.6 Å². The highest BCUT2D eigenvalue weighted by Crippen LogP contribution is 2.33. The number of nitrogens with zero attached hydrogens (tertiary/aromatic N) is 4. The van der Waals surface area contributed by atoms with Gasteiger partial charge in [-0.2, -0.15) is 0 Å². The van der Waals surface area contributed by atoms with E-state index in [-0.39, 0.29) is 29.9 Å². The molecule has 0 bridgehead atoms. The number of aryl methyl sites for hydroxylation is 1. The normalized spacial score (nSPS) is 16.3. The molecule has 8 nitrogen and oxygen atoms in total. The number of imidazole rings is 1. The number of ether oxygens (including phenoxy) is 2. The van der Waals surface area contributed by atoms with Gasteiger partial charge in [-0.3, -0.25) is 0 Å². The second-order valence-electron chi connectivity index (χ2n) is 10.1. The largest absolute Gasteiger partial charge is 0.453 e. The highest BCUT2D eigenvalue weighted by molar-refractivity contribution is 5.70. The lowest BCUT2D eigenvalue weighted by Gasteiger charge is -2.32. The zero-order valence-corrected chi connectivity index (χ0v) is 21.7. The SMILES string of the molecule is COC(=O)N1CCOC(Cc2c(-c3c(F)cc(-n4ccc(C(C)(C)O)c4)cc3F)nc3cc(C)ccn23)C1. The molecule has 1 fully saturated rings. The minimum absolute atomic E-state index is 0.181. The number of methoxy groups -OCH3 is 1. The number of benzene rings is 1. The molecule has 200 valence electrons. The van der Waals surface area contributed by atoms with Crippen LogP contribution in [0.1, 0.15) is 30.7 Å². The van der Waals surface area contributed by atoms with E-state index in [9.17, 15) is 9.90 Å². The molecule has 5 rings (SSSR count). The van der Waals surface area contributed by atoms with Crippen molar-refractivity contribution in [1.82, 2.24) is 18.9 Å². The average Bonchev–Trinajstić information content (AvgIpc) is 3.49. The van der Waals surface area contributed by atoms with Crippen LogP contribution in [-0.4, -0.2) is 63.0 Å². The molecule has 0 saturated carbocycles. The monoisotopic (exact) mass is 524 g/mol. The fourth-order valence-corrected chi connectivity index (χ4v) is 4.80. The molecule has 1 aromatic carbocycles. The molecule has 0 radical (unpaired) electrons. The number of rotatable bonds is 5. The first-order chi connectivity index (χ1) is 18.0. The number of aromatic nitrogens is 3. The number of halogens is 2. The predicted molar refractivity (Wildman–Crippen MR) is 137 cm³/mol. The fourth-order valence-electron chi connectivity index (χ4n) is 4.80. The lowest BCUT2D eigenvalue weighted by molar-refractivity contribution is -0.0241. The number of aliphatic hydroxyl groups is 1. The Bertz CT molecular complexity index is 1480. The van der Waals surface area contributed by atoms with Crippen molar-refractivity contribution >= 4 is 11.7 Å². The average molecular weight is 525 g/mol. The molecule has 38 heavy (non-hydrogen) atoms. The van der Waals surface area contributed by atoms with Crippen LogP contribution in [0, 0.1) is 18.6 Å². The van der Waals surface area contributed by atoms with E-state index in [1.807, 2.05) is 25.3 Å². The summed E-state index contributed by atoms with van der Waals surface area (Å²) in [4.78, 5) is 18.2. The van der Waals surface area contributed by atoms with Crippen molar-refractivity contribution in [2.24, 2.45) is 0 Å². The van der Waals surface area contributed by atoms with E-state index in [1.54, 1.807) is 46.2 Å². The highest BCUT2D eigenvalue weighted by Gasteiger charge is 2.29. The standard InChI is InChI=1S/C28H30F2N4O4/c1-17-5-8-34-23(14-20-16-33(9-10-38-20)27(35)37-4)26(31-24(34)11-17)25-21(29)12-19(13-22(25)30)32-7-6-18(15-32)28(2,3)36/h5-8,11-13,15,20,36H,9-10,14,16H2,1-4H3. The summed E-state index contributed by atoms with van der Waals surface area (Å²) in [7, 11) is 1.33. The molecule has 3 aromatic heterocycles. The van der Waals surface area contributed by atoms with Gasteiger partial charge < -0.3 is 28.4 Å². The summed E-state index contributed by atoms with van der Waals surface area (Å²) in [5.41, 5.74) is 1.85. The van der Waals surface area contributed by atoms with Crippen LogP contribution in [0.2, 0.25) is 0 Å². The molecule has 1 saturated heterocycles. The molecule has 1 atom stereocenters. The topological polar surface area (TPSA) is 81.2 Å². The minimum atomic E-state index is -1.09. The molecule has 10 heteroatoms. The van der Waals surface area contributed by atoms with Crippen LogP contribution in [0.3, 0.4) is 0 Å². The third-order valence-corrected chi connectivity index (χ3v) is 6.83. The summed E-state index contributed by atoms with van der Waals surface area (Å²) in [6.45, 7) is 6.22. The Morgan fingerprint density at radius 1 is 1.21 bits per heavy atom. The maximum Gasteiger partial charge on any atom is 0.409 e. The number of carbonyl (C=O) groups excluding carboxylic acids is 1. The van der Waals surface area contributed by atoms with E-state index in [4.69, 9.17) is 9.47 Å². The van der Waals surface area contributed by atoms with E-state index < -0.39 is 29.4 Å². The molecule has 1 aliphatic heterocycles.